The van der Waals surface area contributed by atoms with E-state index in [1.807, 2.05) is 12.1 Å². The monoisotopic (exact) mass is 254 g/mol. The molecule has 0 fully saturated rings. The van der Waals surface area contributed by atoms with E-state index in [9.17, 15) is 4.39 Å². The maximum Gasteiger partial charge on any atom is 0.123 e. The second-order valence-electron chi connectivity index (χ2n) is 5.51. The third-order valence-electron chi connectivity index (χ3n) is 4.29. The normalized spacial score (nSPS) is 18.1. The molecule has 98 valence electrons. The van der Waals surface area contributed by atoms with E-state index in [-0.39, 0.29) is 5.82 Å². The van der Waals surface area contributed by atoms with E-state index >= 15 is 0 Å². The zero-order valence-electron chi connectivity index (χ0n) is 11.3. The van der Waals surface area contributed by atoms with Crippen molar-refractivity contribution < 1.29 is 4.39 Å². The van der Waals surface area contributed by atoms with Crippen LogP contribution in [-0.4, -0.2) is 0 Å². The molecule has 1 aliphatic rings. The van der Waals surface area contributed by atoms with Crippen LogP contribution < -0.4 is 0 Å². The molecule has 0 bridgehead atoms. The molecular weight excluding hydrogens is 235 g/mol. The van der Waals surface area contributed by atoms with E-state index in [1.165, 1.54) is 54.5 Å². The van der Waals surface area contributed by atoms with Gasteiger partial charge in [0.15, 0.2) is 0 Å². The fourth-order valence-corrected chi connectivity index (χ4v) is 3.00. The van der Waals surface area contributed by atoms with Crippen molar-refractivity contribution in [1.29, 1.82) is 0 Å². The smallest absolute Gasteiger partial charge is 0.123 e. The molecule has 0 saturated heterocycles. The van der Waals surface area contributed by atoms with Crippen LogP contribution in [0.2, 0.25) is 0 Å². The van der Waals surface area contributed by atoms with Gasteiger partial charge in [0, 0.05) is 0 Å². The van der Waals surface area contributed by atoms with Crippen molar-refractivity contribution in [1.82, 2.24) is 0 Å². The van der Waals surface area contributed by atoms with Gasteiger partial charge in [-0.15, -0.1) is 0 Å². The van der Waals surface area contributed by atoms with E-state index in [4.69, 9.17) is 0 Å². The van der Waals surface area contributed by atoms with Gasteiger partial charge in [0.2, 0.25) is 0 Å². The molecular formula is C18H19F. The van der Waals surface area contributed by atoms with Crippen molar-refractivity contribution in [3.05, 3.63) is 59.4 Å². The minimum Gasteiger partial charge on any atom is -0.207 e. The van der Waals surface area contributed by atoms with Crippen molar-refractivity contribution in [2.75, 3.05) is 0 Å². The largest absolute Gasteiger partial charge is 0.207 e. The Bertz CT molecular complexity index is 569. The number of benzene rings is 2. The van der Waals surface area contributed by atoms with Gasteiger partial charge in [-0.1, -0.05) is 43.7 Å². The number of fused-ring (bicyclic) bond motifs is 1. The molecule has 0 aliphatic heterocycles. The Morgan fingerprint density at radius 2 is 1.74 bits per heavy atom. The van der Waals surface area contributed by atoms with Gasteiger partial charge in [0.05, 0.1) is 0 Å². The molecule has 19 heavy (non-hydrogen) atoms. The highest BCUT2D eigenvalue weighted by Gasteiger charge is 2.17. The van der Waals surface area contributed by atoms with E-state index in [2.05, 4.69) is 25.1 Å². The van der Waals surface area contributed by atoms with Crippen LogP contribution in [0.25, 0.3) is 11.1 Å². The number of halogens is 1. The van der Waals surface area contributed by atoms with Gasteiger partial charge in [-0.2, -0.15) is 0 Å². The highest BCUT2D eigenvalue weighted by Crippen LogP contribution is 2.31. The van der Waals surface area contributed by atoms with Crippen LogP contribution in [0.3, 0.4) is 0 Å². The fraction of sp³-hybridized carbons (Fsp3) is 0.333. The number of hydrogen-bond acceptors (Lipinski definition) is 0. The number of aryl methyl sites for hydroxylation is 1. The highest BCUT2D eigenvalue weighted by molar-refractivity contribution is 5.65. The van der Waals surface area contributed by atoms with Crippen LogP contribution in [0.15, 0.2) is 42.5 Å². The van der Waals surface area contributed by atoms with Crippen LogP contribution in [0, 0.1) is 11.7 Å². The Kier molecular flexibility index (Phi) is 3.37. The summed E-state index contributed by atoms with van der Waals surface area (Å²) in [5.41, 5.74) is 5.28. The average Bonchev–Trinajstić information content (AvgIpc) is 2.47. The van der Waals surface area contributed by atoms with Crippen LogP contribution in [0.1, 0.15) is 30.9 Å². The molecule has 0 spiro atoms. The molecule has 3 rings (SSSR count). The second kappa shape index (κ2) is 5.16. The standard InChI is InChI=1S/C18H19F/c1-2-13-3-4-17-12-16(6-5-15(17)11-13)14-7-9-18(19)10-8-14/h5-10,12-13H,2-4,11H2,1H3. The van der Waals surface area contributed by atoms with E-state index in [1.54, 1.807) is 0 Å². The van der Waals surface area contributed by atoms with Crippen molar-refractivity contribution in [2.45, 2.75) is 32.6 Å². The summed E-state index contributed by atoms with van der Waals surface area (Å²) in [6.45, 7) is 2.28. The summed E-state index contributed by atoms with van der Waals surface area (Å²) in [5, 5.41) is 0. The van der Waals surface area contributed by atoms with Gasteiger partial charge in [-0.25, -0.2) is 4.39 Å². The Balaban J connectivity index is 1.92. The minimum absolute atomic E-state index is 0.174. The predicted octanol–water partition coefficient (Wildman–Crippen LogP) is 5.01. The van der Waals surface area contributed by atoms with Gasteiger partial charge < -0.3 is 0 Å². The summed E-state index contributed by atoms with van der Waals surface area (Å²) in [5.74, 6) is 0.677. The van der Waals surface area contributed by atoms with Gasteiger partial charge >= 0.3 is 0 Å². The number of hydrogen-bond donors (Lipinski definition) is 0. The minimum atomic E-state index is -0.174. The Morgan fingerprint density at radius 3 is 2.47 bits per heavy atom. The average molecular weight is 254 g/mol. The van der Waals surface area contributed by atoms with E-state index < -0.39 is 0 Å². The molecule has 0 saturated carbocycles. The van der Waals surface area contributed by atoms with E-state index in [0.717, 1.165) is 11.5 Å². The topological polar surface area (TPSA) is 0 Å². The lowest BCUT2D eigenvalue weighted by Gasteiger charge is -2.24. The van der Waals surface area contributed by atoms with Crippen LogP contribution in [0.5, 0.6) is 0 Å². The number of rotatable bonds is 2. The Labute approximate surface area is 114 Å². The van der Waals surface area contributed by atoms with Crippen molar-refractivity contribution in [2.24, 2.45) is 5.92 Å². The molecule has 0 radical (unpaired) electrons. The summed E-state index contributed by atoms with van der Waals surface area (Å²) in [6.07, 6.45) is 4.98. The lowest BCUT2D eigenvalue weighted by atomic mass is 9.81. The Morgan fingerprint density at radius 1 is 1.00 bits per heavy atom. The molecule has 0 N–H and O–H groups in total. The third kappa shape index (κ3) is 2.56. The lowest BCUT2D eigenvalue weighted by molar-refractivity contribution is 0.445. The molecule has 0 heterocycles. The van der Waals surface area contributed by atoms with E-state index in [0.29, 0.717) is 0 Å². The third-order valence-corrected chi connectivity index (χ3v) is 4.29. The molecule has 2 aromatic carbocycles. The van der Waals surface area contributed by atoms with Crippen LogP contribution in [-0.2, 0) is 12.8 Å². The van der Waals surface area contributed by atoms with Crippen molar-refractivity contribution >= 4 is 0 Å². The molecule has 1 heteroatoms. The van der Waals surface area contributed by atoms with Crippen molar-refractivity contribution in [3.8, 4) is 11.1 Å². The van der Waals surface area contributed by atoms with Gasteiger partial charge in [-0.3, -0.25) is 0 Å². The summed E-state index contributed by atoms with van der Waals surface area (Å²) >= 11 is 0. The zero-order chi connectivity index (χ0) is 13.2. The molecule has 1 atom stereocenters. The molecule has 1 unspecified atom stereocenters. The molecule has 0 nitrogen and oxygen atoms in total. The molecule has 1 aliphatic carbocycles. The van der Waals surface area contributed by atoms with Crippen LogP contribution >= 0.6 is 0 Å². The predicted molar refractivity (Wildman–Crippen MR) is 77.6 cm³/mol. The second-order valence-corrected chi connectivity index (χ2v) is 5.51. The SMILES string of the molecule is CCC1CCc2cc(-c3ccc(F)cc3)ccc2C1. The Hall–Kier alpha value is -1.63. The first-order chi connectivity index (χ1) is 9.26. The lowest BCUT2D eigenvalue weighted by Crippen LogP contribution is -2.13. The first kappa shape index (κ1) is 12.4. The quantitative estimate of drug-likeness (QED) is 0.707. The summed E-state index contributed by atoms with van der Waals surface area (Å²) < 4.78 is 13.0. The molecule has 0 amide bonds. The van der Waals surface area contributed by atoms with Gasteiger partial charge in [0.25, 0.3) is 0 Å². The van der Waals surface area contributed by atoms with Crippen molar-refractivity contribution in [3.63, 3.8) is 0 Å². The molecule has 0 aromatic heterocycles. The summed E-state index contributed by atoms with van der Waals surface area (Å²) in [6, 6.07) is 13.5. The first-order valence-corrected chi connectivity index (χ1v) is 7.14. The first-order valence-electron chi connectivity index (χ1n) is 7.14. The van der Waals surface area contributed by atoms with Gasteiger partial charge in [0.1, 0.15) is 5.82 Å². The maximum atomic E-state index is 13.0. The van der Waals surface area contributed by atoms with Crippen LogP contribution in [0.4, 0.5) is 4.39 Å². The summed E-state index contributed by atoms with van der Waals surface area (Å²) in [7, 11) is 0. The molecule has 2 aromatic rings. The fourth-order valence-electron chi connectivity index (χ4n) is 3.00. The zero-order valence-corrected chi connectivity index (χ0v) is 11.3. The highest BCUT2D eigenvalue weighted by atomic mass is 19.1. The van der Waals surface area contributed by atoms with Gasteiger partial charge in [-0.05, 0) is 59.6 Å². The summed E-state index contributed by atoms with van der Waals surface area (Å²) in [4.78, 5) is 0. The maximum absolute atomic E-state index is 13.0.